The number of nitrogens with zero attached hydrogens (tertiary/aromatic N) is 5. The van der Waals surface area contributed by atoms with E-state index in [0.717, 1.165) is 30.9 Å². The molecule has 312 valence electrons. The summed E-state index contributed by atoms with van der Waals surface area (Å²) in [7, 11) is 0. The summed E-state index contributed by atoms with van der Waals surface area (Å²) < 4.78 is 21.2. The third kappa shape index (κ3) is 14.6. The van der Waals surface area contributed by atoms with Crippen LogP contribution in [0, 0.1) is 0 Å². The van der Waals surface area contributed by atoms with Crippen molar-refractivity contribution >= 4 is 35.4 Å². The van der Waals surface area contributed by atoms with Crippen LogP contribution in [-0.2, 0) is 69.0 Å². The average Bonchev–Trinajstić information content (AvgIpc) is 3.20. The largest absolute Gasteiger partial charge is 0.463 e. The van der Waals surface area contributed by atoms with Gasteiger partial charge in [0.1, 0.15) is 24.9 Å². The van der Waals surface area contributed by atoms with E-state index in [-0.39, 0.29) is 18.9 Å². The van der Waals surface area contributed by atoms with Crippen LogP contribution in [-0.4, -0.2) is 116 Å². The van der Waals surface area contributed by atoms with Gasteiger partial charge < -0.3 is 34.7 Å². The fourth-order valence-electron chi connectivity index (χ4n) is 6.41. The Bertz CT molecular complexity index is 1930. The van der Waals surface area contributed by atoms with Crippen LogP contribution in [0.4, 0.5) is 5.69 Å². The number of hydrogen-bond acceptors (Lipinski definition) is 15. The number of carbonyl (C=O) groups is 5. The highest BCUT2D eigenvalue weighted by Gasteiger charge is 2.49. The minimum atomic E-state index is -1.60. The number of benzene rings is 1. The lowest BCUT2D eigenvalue weighted by molar-refractivity contribution is -0.268. The van der Waals surface area contributed by atoms with Crippen molar-refractivity contribution in [2.24, 2.45) is 0 Å². The van der Waals surface area contributed by atoms with Gasteiger partial charge in [-0.05, 0) is 54.1 Å². The highest BCUT2D eigenvalue weighted by molar-refractivity contribution is 5.92. The van der Waals surface area contributed by atoms with Gasteiger partial charge in [0.05, 0.1) is 30.0 Å². The number of nitrogens with one attached hydrogen (secondary N) is 2. The summed E-state index contributed by atoms with van der Waals surface area (Å²) in [5, 5.41) is 16.8. The summed E-state index contributed by atoms with van der Waals surface area (Å²) in [5.74, 6) is -2.99. The van der Waals surface area contributed by atoms with E-state index >= 15 is 0 Å². The Balaban J connectivity index is 1.20. The molecule has 1 fully saturated rings. The number of carbonyl (C=O) groups excluding carboxylic acids is 5. The molecule has 1 unspecified atom stereocenters. The number of amides is 2. The number of aromatic nitrogens is 3. The second-order valence-electron chi connectivity index (χ2n) is 13.9. The van der Waals surface area contributed by atoms with E-state index in [1.807, 2.05) is 59.5 Å². The van der Waals surface area contributed by atoms with Crippen LogP contribution < -0.4 is 10.6 Å². The van der Waals surface area contributed by atoms with Crippen LogP contribution in [0.1, 0.15) is 43.4 Å². The van der Waals surface area contributed by atoms with Crippen LogP contribution in [0.2, 0.25) is 0 Å². The number of pyridine rings is 3. The molecule has 4 aromatic rings. The number of aliphatic hydroxyl groups excluding tert-OH is 1. The Kier molecular flexibility index (Phi) is 16.5. The van der Waals surface area contributed by atoms with Gasteiger partial charge >= 0.3 is 17.9 Å². The second-order valence-corrected chi connectivity index (χ2v) is 13.9. The molecule has 0 saturated carbocycles. The maximum Gasteiger partial charge on any atom is 0.305 e. The van der Waals surface area contributed by atoms with Gasteiger partial charge in [0.2, 0.25) is 18.1 Å². The van der Waals surface area contributed by atoms with Gasteiger partial charge in [-0.1, -0.05) is 30.3 Å². The Morgan fingerprint density at radius 3 is 1.75 bits per heavy atom. The van der Waals surface area contributed by atoms with E-state index in [1.54, 1.807) is 42.9 Å². The van der Waals surface area contributed by atoms with Crippen molar-refractivity contribution < 1.29 is 48.0 Å². The third-order valence-electron chi connectivity index (χ3n) is 9.07. The summed E-state index contributed by atoms with van der Waals surface area (Å²) in [6, 6.07) is 22.6. The molecule has 17 nitrogen and oxygen atoms in total. The van der Waals surface area contributed by atoms with Gasteiger partial charge in [0.15, 0.2) is 6.10 Å². The number of anilines is 1. The average molecular weight is 812 g/mol. The molecule has 2 amide bonds. The first-order valence-electron chi connectivity index (χ1n) is 19.1. The van der Waals surface area contributed by atoms with Crippen molar-refractivity contribution in [3.63, 3.8) is 0 Å². The van der Waals surface area contributed by atoms with Crippen molar-refractivity contribution in [3.8, 4) is 0 Å². The zero-order valence-corrected chi connectivity index (χ0v) is 33.1. The third-order valence-corrected chi connectivity index (χ3v) is 9.07. The van der Waals surface area contributed by atoms with Gasteiger partial charge in [0.25, 0.3) is 0 Å². The van der Waals surface area contributed by atoms with Gasteiger partial charge in [-0.25, -0.2) is 0 Å². The molecule has 4 heterocycles. The molecular formula is C42H49N7O10. The zero-order chi connectivity index (χ0) is 42.1. The van der Waals surface area contributed by atoms with Crippen molar-refractivity contribution in [2.75, 3.05) is 31.6 Å². The van der Waals surface area contributed by atoms with Gasteiger partial charge in [-0.3, -0.25) is 48.7 Å². The van der Waals surface area contributed by atoms with Crippen molar-refractivity contribution in [1.29, 1.82) is 0 Å². The zero-order valence-electron chi connectivity index (χ0n) is 33.1. The number of esters is 3. The fourth-order valence-corrected chi connectivity index (χ4v) is 6.41. The molecule has 3 aromatic heterocycles. The fraction of sp³-hybridized carbons (Fsp3) is 0.381. The molecule has 1 aromatic carbocycles. The number of ether oxygens (including phenoxy) is 4. The summed E-state index contributed by atoms with van der Waals surface area (Å²) >= 11 is 0. The molecule has 0 aliphatic carbocycles. The van der Waals surface area contributed by atoms with Crippen LogP contribution in [0.15, 0.2) is 97.5 Å². The van der Waals surface area contributed by atoms with E-state index in [4.69, 9.17) is 18.9 Å². The molecule has 17 heteroatoms. The highest BCUT2D eigenvalue weighted by Crippen LogP contribution is 2.26. The van der Waals surface area contributed by atoms with E-state index in [2.05, 4.69) is 30.5 Å². The number of hydrogen-bond donors (Lipinski definition) is 3. The summed E-state index contributed by atoms with van der Waals surface area (Å²) in [5.41, 5.74) is 3.74. The van der Waals surface area contributed by atoms with Gasteiger partial charge in [-0.2, -0.15) is 0 Å². The molecule has 1 saturated heterocycles. The lowest BCUT2D eigenvalue weighted by Crippen LogP contribution is -2.66. The summed E-state index contributed by atoms with van der Waals surface area (Å²) in [6.45, 7) is 5.88. The Labute approximate surface area is 342 Å². The summed E-state index contributed by atoms with van der Waals surface area (Å²) in [6.07, 6.45) is -0.542. The SMILES string of the molecule is CC(=O)OC[C@H]1OC(OC(C)=O)[C@H](NC(=O)Cc2ccc(NC(=O)CN(CCN(Cc3ccccn3)Cc3ccccn3)Cc3ccccn3)cc2)[C@@H](O)[C@@H]1OC(C)=O. The molecule has 0 bridgehead atoms. The lowest BCUT2D eigenvalue weighted by Gasteiger charge is -2.43. The van der Waals surface area contributed by atoms with Crippen molar-refractivity contribution in [1.82, 2.24) is 30.1 Å². The second kappa shape index (κ2) is 22.1. The molecule has 3 N–H and O–H groups in total. The standard InChI is InChI=1S/C42H49N7O10/c1-28(50)56-27-36-41(57-29(2)51)40(55)39(42(59-36)58-30(3)52)47-37(53)22-31-13-15-32(16-14-31)46-38(54)26-49(25-35-12-6-9-19-45-35)21-20-48(23-33-10-4-7-17-43-33)24-34-11-5-8-18-44-34/h4-19,36,39-42,55H,20-27H2,1-3H3,(H,46,54)(H,47,53)/t36-,39-,40-,41-,42?/m1/s1. The van der Waals surface area contributed by atoms with Crippen molar-refractivity contribution in [2.45, 2.75) is 77.5 Å². The minimum absolute atomic E-state index is 0.0765. The molecule has 5 atom stereocenters. The van der Waals surface area contributed by atoms with E-state index in [9.17, 15) is 29.1 Å². The number of rotatable bonds is 19. The molecule has 0 radical (unpaired) electrons. The van der Waals surface area contributed by atoms with Gasteiger partial charge in [-0.15, -0.1) is 0 Å². The van der Waals surface area contributed by atoms with Crippen LogP contribution in [0.3, 0.4) is 0 Å². The van der Waals surface area contributed by atoms with Gasteiger partial charge in [0, 0.05) is 77.8 Å². The van der Waals surface area contributed by atoms with E-state index in [0.29, 0.717) is 44.0 Å². The minimum Gasteiger partial charge on any atom is -0.463 e. The first-order chi connectivity index (χ1) is 28.4. The molecular weight excluding hydrogens is 763 g/mol. The first-order valence-corrected chi connectivity index (χ1v) is 19.1. The Morgan fingerprint density at radius 2 is 1.24 bits per heavy atom. The predicted octanol–water partition coefficient (Wildman–Crippen LogP) is 2.19. The highest BCUT2D eigenvalue weighted by atomic mass is 16.7. The molecule has 1 aliphatic rings. The molecule has 1 aliphatic heterocycles. The topological polar surface area (TPSA) is 212 Å². The molecule has 0 spiro atoms. The Hall–Kier alpha value is -6.14. The first kappa shape index (κ1) is 44.0. The number of aliphatic hydroxyl groups is 1. The molecule has 59 heavy (non-hydrogen) atoms. The quantitative estimate of drug-likeness (QED) is 0.0915. The van der Waals surface area contributed by atoms with Crippen molar-refractivity contribution in [3.05, 3.63) is 120 Å². The maximum atomic E-state index is 13.5. The van der Waals surface area contributed by atoms with Crippen LogP contribution >= 0.6 is 0 Å². The lowest BCUT2D eigenvalue weighted by atomic mass is 9.96. The Morgan fingerprint density at radius 1 is 0.695 bits per heavy atom. The normalized spacial score (nSPS) is 18.8. The predicted molar refractivity (Wildman–Crippen MR) is 211 cm³/mol. The maximum absolute atomic E-state index is 13.5. The van der Waals surface area contributed by atoms with Crippen LogP contribution in [0.5, 0.6) is 0 Å². The summed E-state index contributed by atoms with van der Waals surface area (Å²) in [4.78, 5) is 79.6. The van der Waals surface area contributed by atoms with Crippen LogP contribution in [0.25, 0.3) is 0 Å². The van der Waals surface area contributed by atoms with E-state index in [1.165, 1.54) is 6.92 Å². The smallest absolute Gasteiger partial charge is 0.305 e. The monoisotopic (exact) mass is 811 g/mol. The van der Waals surface area contributed by atoms with E-state index < -0.39 is 61.1 Å². The molecule has 5 rings (SSSR count).